The molecule has 0 saturated carbocycles. The van der Waals surface area contributed by atoms with Gasteiger partial charge < -0.3 is 4.74 Å². The third-order valence-corrected chi connectivity index (χ3v) is 1.77. The first-order chi connectivity index (χ1) is 6.72. The van der Waals surface area contributed by atoms with Gasteiger partial charge in [-0.1, -0.05) is 4.68 Å². The lowest BCUT2D eigenvalue weighted by Gasteiger charge is -1.99. The van der Waals surface area contributed by atoms with Gasteiger partial charge in [-0.3, -0.25) is 4.79 Å². The summed E-state index contributed by atoms with van der Waals surface area (Å²) in [7, 11) is 1.86. The van der Waals surface area contributed by atoms with E-state index in [0.717, 1.165) is 5.69 Å². The molecule has 0 N–H and O–H groups in total. The lowest BCUT2D eigenvalue weighted by atomic mass is 10.2. The Morgan fingerprint density at radius 3 is 3.07 bits per heavy atom. The molecule has 0 aliphatic carbocycles. The van der Waals surface area contributed by atoms with Gasteiger partial charge in [0.15, 0.2) is 13.2 Å². The summed E-state index contributed by atoms with van der Waals surface area (Å²) in [5, 5.41) is 4.21. The summed E-state index contributed by atoms with van der Waals surface area (Å²) in [4.78, 5) is 11.0. The summed E-state index contributed by atoms with van der Waals surface area (Å²) in [5.74, 6) is -0.166. The van der Waals surface area contributed by atoms with Crippen LogP contribution < -0.4 is 4.68 Å². The number of hydrogen-bond donors (Lipinski definition) is 0. The van der Waals surface area contributed by atoms with E-state index < -0.39 is 0 Å². The average Bonchev–Trinajstić information content (AvgIpc) is 2.15. The Morgan fingerprint density at radius 1 is 1.64 bits per heavy atom. The molecule has 0 radical (unpaired) electrons. The molecule has 0 aromatic carbocycles. The molecule has 0 amide bonds. The predicted molar refractivity (Wildman–Crippen MR) is 50.4 cm³/mol. The first-order valence-electron chi connectivity index (χ1n) is 4.70. The third-order valence-electron chi connectivity index (χ3n) is 1.77. The van der Waals surface area contributed by atoms with E-state index in [-0.39, 0.29) is 5.97 Å². The Labute approximate surface area is 83.5 Å². The van der Waals surface area contributed by atoms with Crippen LogP contribution in [0.25, 0.3) is 0 Å². The number of esters is 1. The van der Waals surface area contributed by atoms with E-state index in [1.165, 1.54) is 0 Å². The Hall–Kier alpha value is -1.45. The zero-order valence-corrected chi connectivity index (χ0v) is 8.56. The molecule has 1 aromatic heterocycles. The van der Waals surface area contributed by atoms with Gasteiger partial charge >= 0.3 is 5.97 Å². The molecule has 0 aliphatic heterocycles. The van der Waals surface area contributed by atoms with Crippen molar-refractivity contribution in [3.05, 3.63) is 24.0 Å². The number of rotatable bonds is 4. The number of ether oxygens (including phenoxy) is 1. The molecular formula is C10H15N2O2+. The molecule has 0 bridgehead atoms. The van der Waals surface area contributed by atoms with Crippen LogP contribution in [0.3, 0.4) is 0 Å². The molecule has 0 saturated heterocycles. The van der Waals surface area contributed by atoms with Crippen LogP contribution >= 0.6 is 0 Å². The van der Waals surface area contributed by atoms with E-state index in [2.05, 4.69) is 5.10 Å². The van der Waals surface area contributed by atoms with Gasteiger partial charge in [0.2, 0.25) is 0 Å². The lowest BCUT2D eigenvalue weighted by Crippen LogP contribution is -2.33. The molecule has 0 aliphatic rings. The van der Waals surface area contributed by atoms with Crippen LogP contribution in [0.5, 0.6) is 0 Å². The van der Waals surface area contributed by atoms with Gasteiger partial charge in [0, 0.05) is 12.5 Å². The van der Waals surface area contributed by atoms with E-state index in [4.69, 9.17) is 4.74 Å². The van der Waals surface area contributed by atoms with Crippen molar-refractivity contribution in [3.63, 3.8) is 0 Å². The summed E-state index contributed by atoms with van der Waals surface area (Å²) >= 11 is 0. The van der Waals surface area contributed by atoms with E-state index in [9.17, 15) is 4.79 Å². The van der Waals surface area contributed by atoms with Crippen LogP contribution in [-0.2, 0) is 23.0 Å². The van der Waals surface area contributed by atoms with Crippen molar-refractivity contribution in [3.8, 4) is 0 Å². The summed E-state index contributed by atoms with van der Waals surface area (Å²) < 4.78 is 6.54. The average molecular weight is 195 g/mol. The summed E-state index contributed by atoms with van der Waals surface area (Å²) in [5.41, 5.74) is 0.906. The van der Waals surface area contributed by atoms with Crippen LogP contribution in [0.1, 0.15) is 19.0 Å². The Morgan fingerprint density at radius 2 is 2.43 bits per heavy atom. The maximum atomic E-state index is 11.0. The van der Waals surface area contributed by atoms with E-state index >= 15 is 0 Å². The third kappa shape index (κ3) is 3.51. The molecule has 0 unspecified atom stereocenters. The second-order valence-corrected chi connectivity index (χ2v) is 2.98. The standard InChI is InChI=1S/C10H15N2O2/c1-3-14-10(13)7-6-9-5-4-8-12(2)11-9/h4-5,8H,3,6-7H2,1-2H3/q+1. The topological polar surface area (TPSA) is 43.1 Å². The number of carbonyl (C=O) groups excluding carboxylic acids is 1. The van der Waals surface area contributed by atoms with Crippen molar-refractivity contribution in [2.75, 3.05) is 6.61 Å². The molecular weight excluding hydrogens is 180 g/mol. The van der Waals surface area contributed by atoms with E-state index in [1.807, 2.05) is 25.4 Å². The maximum absolute atomic E-state index is 11.0. The molecule has 14 heavy (non-hydrogen) atoms. The summed E-state index contributed by atoms with van der Waals surface area (Å²) in [6, 6.07) is 3.81. The Bertz CT molecular complexity index is 313. The van der Waals surface area contributed by atoms with Crippen molar-refractivity contribution in [1.82, 2.24) is 5.10 Å². The zero-order valence-electron chi connectivity index (χ0n) is 8.56. The fourth-order valence-corrected chi connectivity index (χ4v) is 1.14. The molecule has 0 spiro atoms. The molecule has 76 valence electrons. The van der Waals surface area contributed by atoms with Crippen molar-refractivity contribution >= 4 is 5.97 Å². The highest BCUT2D eigenvalue weighted by atomic mass is 16.5. The molecule has 0 fully saturated rings. The highest BCUT2D eigenvalue weighted by Gasteiger charge is 2.05. The fraction of sp³-hybridized carbons (Fsp3) is 0.500. The number of aromatic nitrogens is 2. The van der Waals surface area contributed by atoms with Crippen LogP contribution in [0.4, 0.5) is 0 Å². The van der Waals surface area contributed by atoms with Gasteiger partial charge in [-0.2, -0.15) is 0 Å². The number of carbonyl (C=O) groups is 1. The van der Waals surface area contributed by atoms with Gasteiger partial charge in [-0.05, 0) is 18.1 Å². The summed E-state index contributed by atoms with van der Waals surface area (Å²) in [6.07, 6.45) is 2.88. The largest absolute Gasteiger partial charge is 0.466 e. The SMILES string of the molecule is CCOC(=O)CCc1ccc[n+](C)n1. The molecule has 4 nitrogen and oxygen atoms in total. The van der Waals surface area contributed by atoms with Gasteiger partial charge in [-0.25, -0.2) is 0 Å². The quantitative estimate of drug-likeness (QED) is 0.516. The van der Waals surface area contributed by atoms with E-state index in [0.29, 0.717) is 19.4 Å². The van der Waals surface area contributed by atoms with Crippen molar-refractivity contribution < 1.29 is 14.2 Å². The highest BCUT2D eigenvalue weighted by molar-refractivity contribution is 5.69. The van der Waals surface area contributed by atoms with Gasteiger partial charge in [0.1, 0.15) is 5.69 Å². The van der Waals surface area contributed by atoms with Crippen molar-refractivity contribution in [2.45, 2.75) is 19.8 Å². The second kappa shape index (κ2) is 5.32. The van der Waals surface area contributed by atoms with Crippen LogP contribution in [0.15, 0.2) is 18.3 Å². The highest BCUT2D eigenvalue weighted by Crippen LogP contribution is 1.97. The first kappa shape index (κ1) is 10.6. The molecule has 1 aromatic rings. The molecule has 1 rings (SSSR count). The first-order valence-corrected chi connectivity index (χ1v) is 4.70. The number of hydrogen-bond acceptors (Lipinski definition) is 3. The Kier molecular flexibility index (Phi) is 4.04. The normalized spacial score (nSPS) is 9.86. The summed E-state index contributed by atoms with van der Waals surface area (Å²) in [6.45, 7) is 2.24. The van der Waals surface area contributed by atoms with Crippen LogP contribution in [-0.4, -0.2) is 17.7 Å². The minimum absolute atomic E-state index is 0.166. The lowest BCUT2D eigenvalue weighted by molar-refractivity contribution is -0.731. The zero-order chi connectivity index (χ0) is 10.4. The second-order valence-electron chi connectivity index (χ2n) is 2.98. The monoisotopic (exact) mass is 195 g/mol. The van der Waals surface area contributed by atoms with Crippen LogP contribution in [0.2, 0.25) is 0 Å². The fourth-order valence-electron chi connectivity index (χ4n) is 1.14. The smallest absolute Gasteiger partial charge is 0.306 e. The molecule has 0 atom stereocenters. The Balaban J connectivity index is 2.41. The van der Waals surface area contributed by atoms with E-state index in [1.54, 1.807) is 11.6 Å². The minimum atomic E-state index is -0.166. The molecule has 4 heteroatoms. The molecule has 1 heterocycles. The van der Waals surface area contributed by atoms with Gasteiger partial charge in [0.25, 0.3) is 0 Å². The maximum Gasteiger partial charge on any atom is 0.306 e. The number of nitrogens with zero attached hydrogens (tertiary/aromatic N) is 2. The minimum Gasteiger partial charge on any atom is -0.466 e. The van der Waals surface area contributed by atoms with Crippen LogP contribution in [0, 0.1) is 0 Å². The van der Waals surface area contributed by atoms with Crippen molar-refractivity contribution in [2.24, 2.45) is 7.05 Å². The van der Waals surface area contributed by atoms with Crippen molar-refractivity contribution in [1.29, 1.82) is 0 Å². The van der Waals surface area contributed by atoms with Gasteiger partial charge in [-0.15, -0.1) is 0 Å². The van der Waals surface area contributed by atoms with Gasteiger partial charge in [0.05, 0.1) is 13.0 Å². The predicted octanol–water partition coefficient (Wildman–Crippen LogP) is 0.402. The number of aryl methyl sites for hydroxylation is 2.